The summed E-state index contributed by atoms with van der Waals surface area (Å²) in [6.45, 7) is 6.39. The highest BCUT2D eigenvalue weighted by Crippen LogP contribution is 2.15. The molecule has 0 spiro atoms. The summed E-state index contributed by atoms with van der Waals surface area (Å²) in [6.07, 6.45) is 97.0. The van der Waals surface area contributed by atoms with Gasteiger partial charge in [-0.05, 0) is 141 Å². The first-order valence-electron chi connectivity index (χ1n) is 33.3. The Morgan fingerprint density at radius 3 is 0.765 bits per heavy atom. The average Bonchev–Trinajstić information content (AvgIpc) is 3.47. The molecular formula is C75H122O6. The third kappa shape index (κ3) is 66.0. The molecule has 0 saturated carbocycles. The van der Waals surface area contributed by atoms with Crippen LogP contribution in [0.2, 0.25) is 0 Å². The highest BCUT2D eigenvalue weighted by atomic mass is 16.6. The Kier molecular flexibility index (Phi) is 63.9. The van der Waals surface area contributed by atoms with Crippen LogP contribution in [0.1, 0.15) is 290 Å². The SMILES string of the molecule is CC/C=C\C/C=C\C/C=C\C/C=C\C/C=C\C/C=C\CCCCCCCCC(=O)OCC(COC(=O)CCCCCCC/C=C\CCCCCCCC)OC(=O)CCCCCCCCC/C=C\C/C=C\C/C=C\C/C=C\C/C=C\CC. The summed E-state index contributed by atoms with van der Waals surface area (Å²) in [5.74, 6) is -0.927. The molecule has 0 aromatic carbocycles. The zero-order valence-electron chi connectivity index (χ0n) is 52.5. The van der Waals surface area contributed by atoms with Gasteiger partial charge in [0.05, 0.1) is 0 Å². The van der Waals surface area contributed by atoms with E-state index in [0.29, 0.717) is 19.3 Å². The number of carbonyl (C=O) groups excluding carboxylic acids is 3. The van der Waals surface area contributed by atoms with Gasteiger partial charge in [-0.25, -0.2) is 0 Å². The van der Waals surface area contributed by atoms with Gasteiger partial charge in [0.1, 0.15) is 13.2 Å². The van der Waals surface area contributed by atoms with Crippen molar-refractivity contribution in [3.8, 4) is 0 Å². The molecule has 0 saturated heterocycles. The van der Waals surface area contributed by atoms with Crippen LogP contribution in [0.4, 0.5) is 0 Å². The summed E-state index contributed by atoms with van der Waals surface area (Å²) in [5.41, 5.74) is 0. The van der Waals surface area contributed by atoms with Crippen LogP contribution in [-0.2, 0) is 28.6 Å². The van der Waals surface area contributed by atoms with E-state index in [9.17, 15) is 14.4 Å². The fourth-order valence-corrected chi connectivity index (χ4v) is 8.88. The predicted octanol–water partition coefficient (Wildman–Crippen LogP) is 23.1. The van der Waals surface area contributed by atoms with Crippen molar-refractivity contribution in [2.75, 3.05) is 13.2 Å². The van der Waals surface area contributed by atoms with Crippen molar-refractivity contribution in [3.05, 3.63) is 146 Å². The van der Waals surface area contributed by atoms with Crippen molar-refractivity contribution in [2.45, 2.75) is 297 Å². The standard InChI is InChI=1S/C75H122O6/c1-4-7-10-13-16-19-22-25-28-30-32-34-36-37-39-40-42-44-47-50-53-56-59-62-65-68-74(77)80-71-72(70-79-73(76)67-64-61-58-55-52-49-46-27-24-21-18-15-12-9-6-3)81-75(78)69-66-63-60-57-54-51-48-45-43-41-38-35-33-31-29-26-23-20-17-14-11-8-5-2/h7-8,10-11,16-17,19-20,25-29,32-35,37,39,41-44,46,72H,4-6,9,12-15,18,21-24,30-31,36,38,40,45,47-71H2,1-3H3/b10-7-,11-8-,19-16-,20-17-,28-25-,29-26-,34-32-,35-33-,39-37-,43-41-,44-42-,46-27-. The van der Waals surface area contributed by atoms with Crippen molar-refractivity contribution in [3.63, 3.8) is 0 Å². The van der Waals surface area contributed by atoms with Crippen molar-refractivity contribution >= 4 is 17.9 Å². The second kappa shape index (κ2) is 67.8. The number of esters is 3. The molecule has 1 unspecified atom stereocenters. The summed E-state index contributed by atoms with van der Waals surface area (Å²) >= 11 is 0. The van der Waals surface area contributed by atoms with Crippen LogP contribution in [0.5, 0.6) is 0 Å². The van der Waals surface area contributed by atoms with Crippen molar-refractivity contribution in [2.24, 2.45) is 0 Å². The minimum atomic E-state index is -0.802. The Labute approximate surface area is 499 Å². The number of ether oxygens (including phenoxy) is 3. The summed E-state index contributed by atoms with van der Waals surface area (Å²) in [5, 5.41) is 0. The van der Waals surface area contributed by atoms with Gasteiger partial charge in [-0.2, -0.15) is 0 Å². The minimum absolute atomic E-state index is 0.0961. The molecule has 0 rings (SSSR count). The molecule has 6 nitrogen and oxygen atoms in total. The number of hydrogen-bond acceptors (Lipinski definition) is 6. The fourth-order valence-electron chi connectivity index (χ4n) is 8.88. The van der Waals surface area contributed by atoms with E-state index in [2.05, 4.69) is 167 Å². The average molecular weight is 1120 g/mol. The van der Waals surface area contributed by atoms with Crippen LogP contribution in [0.3, 0.4) is 0 Å². The lowest BCUT2D eigenvalue weighted by Crippen LogP contribution is -2.30. The van der Waals surface area contributed by atoms with Crippen LogP contribution in [0, 0.1) is 0 Å². The third-order valence-electron chi connectivity index (χ3n) is 13.8. The van der Waals surface area contributed by atoms with Crippen molar-refractivity contribution < 1.29 is 28.6 Å². The molecule has 0 N–H and O–H groups in total. The molecule has 0 fully saturated rings. The molecule has 6 heteroatoms. The summed E-state index contributed by atoms with van der Waals surface area (Å²) in [6, 6.07) is 0. The summed E-state index contributed by atoms with van der Waals surface area (Å²) in [4.78, 5) is 38.4. The van der Waals surface area contributed by atoms with Gasteiger partial charge in [0.2, 0.25) is 0 Å². The smallest absolute Gasteiger partial charge is 0.306 e. The monoisotopic (exact) mass is 1120 g/mol. The molecule has 0 aliphatic rings. The van der Waals surface area contributed by atoms with Crippen LogP contribution in [0.25, 0.3) is 0 Å². The number of carbonyl (C=O) groups is 3. The van der Waals surface area contributed by atoms with Gasteiger partial charge in [0, 0.05) is 19.3 Å². The van der Waals surface area contributed by atoms with E-state index < -0.39 is 6.10 Å². The number of rotatable bonds is 59. The number of hydrogen-bond donors (Lipinski definition) is 0. The Bertz CT molecular complexity index is 1760. The molecular weight excluding hydrogens is 997 g/mol. The number of unbranched alkanes of at least 4 members (excludes halogenated alkanes) is 24. The first kappa shape index (κ1) is 76.3. The molecule has 0 aromatic heterocycles. The zero-order chi connectivity index (χ0) is 58.5. The van der Waals surface area contributed by atoms with E-state index >= 15 is 0 Å². The zero-order valence-corrected chi connectivity index (χ0v) is 52.5. The van der Waals surface area contributed by atoms with Crippen LogP contribution < -0.4 is 0 Å². The van der Waals surface area contributed by atoms with E-state index in [-0.39, 0.29) is 31.1 Å². The molecule has 0 aliphatic carbocycles. The largest absolute Gasteiger partial charge is 0.462 e. The van der Waals surface area contributed by atoms with E-state index in [1.54, 1.807) is 0 Å². The maximum Gasteiger partial charge on any atom is 0.306 e. The lowest BCUT2D eigenvalue weighted by Gasteiger charge is -2.18. The molecule has 81 heavy (non-hydrogen) atoms. The highest BCUT2D eigenvalue weighted by molar-refractivity contribution is 5.71. The minimum Gasteiger partial charge on any atom is -0.462 e. The Morgan fingerprint density at radius 2 is 0.481 bits per heavy atom. The molecule has 0 aliphatic heterocycles. The molecule has 458 valence electrons. The predicted molar refractivity (Wildman–Crippen MR) is 352 cm³/mol. The molecule has 0 radical (unpaired) electrons. The second-order valence-corrected chi connectivity index (χ2v) is 21.6. The van der Waals surface area contributed by atoms with Gasteiger partial charge in [-0.3, -0.25) is 14.4 Å². The molecule has 0 heterocycles. The lowest BCUT2D eigenvalue weighted by molar-refractivity contribution is -0.167. The van der Waals surface area contributed by atoms with Crippen LogP contribution in [0.15, 0.2) is 146 Å². The van der Waals surface area contributed by atoms with Gasteiger partial charge in [-0.1, -0.05) is 276 Å². The van der Waals surface area contributed by atoms with Crippen LogP contribution >= 0.6 is 0 Å². The van der Waals surface area contributed by atoms with E-state index in [1.165, 1.54) is 83.5 Å². The molecule has 0 aromatic rings. The molecule has 1 atom stereocenters. The van der Waals surface area contributed by atoms with Gasteiger partial charge >= 0.3 is 17.9 Å². The van der Waals surface area contributed by atoms with Crippen molar-refractivity contribution in [1.82, 2.24) is 0 Å². The molecule has 0 amide bonds. The van der Waals surface area contributed by atoms with E-state index in [4.69, 9.17) is 14.2 Å². The Balaban J connectivity index is 4.45. The number of allylic oxidation sites excluding steroid dienone is 24. The second-order valence-electron chi connectivity index (χ2n) is 21.6. The van der Waals surface area contributed by atoms with Crippen LogP contribution in [-0.4, -0.2) is 37.2 Å². The normalized spacial score (nSPS) is 13.1. The quantitative estimate of drug-likeness (QED) is 0.0261. The maximum absolute atomic E-state index is 12.9. The van der Waals surface area contributed by atoms with Gasteiger partial charge < -0.3 is 14.2 Å². The van der Waals surface area contributed by atoms with Crippen molar-refractivity contribution in [1.29, 1.82) is 0 Å². The Morgan fingerprint density at radius 1 is 0.259 bits per heavy atom. The summed E-state index contributed by atoms with van der Waals surface area (Å²) < 4.78 is 16.9. The van der Waals surface area contributed by atoms with Gasteiger partial charge in [0.25, 0.3) is 0 Å². The lowest BCUT2D eigenvalue weighted by atomic mass is 10.1. The summed E-state index contributed by atoms with van der Waals surface area (Å²) in [7, 11) is 0. The highest BCUT2D eigenvalue weighted by Gasteiger charge is 2.19. The maximum atomic E-state index is 12.9. The topological polar surface area (TPSA) is 78.9 Å². The fraction of sp³-hybridized carbons (Fsp3) is 0.640. The third-order valence-corrected chi connectivity index (χ3v) is 13.8. The van der Waals surface area contributed by atoms with E-state index in [0.717, 1.165) is 167 Å². The van der Waals surface area contributed by atoms with Gasteiger partial charge in [0.15, 0.2) is 6.10 Å². The van der Waals surface area contributed by atoms with Gasteiger partial charge in [-0.15, -0.1) is 0 Å². The molecule has 0 bridgehead atoms. The first-order chi connectivity index (χ1) is 40.0. The Hall–Kier alpha value is -4.71. The van der Waals surface area contributed by atoms with E-state index in [1.807, 2.05) is 0 Å². The first-order valence-corrected chi connectivity index (χ1v) is 33.3.